The Hall–Kier alpha value is -1.31. The van der Waals surface area contributed by atoms with Gasteiger partial charge in [0.2, 0.25) is 10.0 Å². The van der Waals surface area contributed by atoms with Gasteiger partial charge < -0.3 is 16.0 Å². The molecule has 6 nitrogen and oxygen atoms in total. The summed E-state index contributed by atoms with van der Waals surface area (Å²) in [7, 11) is 0.0643. The highest BCUT2D eigenvalue weighted by molar-refractivity contribution is 7.89. The molecule has 1 aromatic carbocycles. The van der Waals surface area contributed by atoms with Crippen LogP contribution in [0.5, 0.6) is 0 Å². The maximum absolute atomic E-state index is 11.8. The predicted octanol–water partition coefficient (Wildman–Crippen LogP) is 0.540. The number of nitrogens with zero attached hydrogens (tertiary/aromatic N) is 1. The van der Waals surface area contributed by atoms with Crippen molar-refractivity contribution in [3.63, 3.8) is 0 Å². The summed E-state index contributed by atoms with van der Waals surface area (Å²) in [5.41, 5.74) is 7.14. The van der Waals surface area contributed by atoms with Gasteiger partial charge in [-0.1, -0.05) is 0 Å². The minimum atomic E-state index is -3.44. The number of hydrogen-bond donors (Lipinski definition) is 3. The lowest BCUT2D eigenvalue weighted by atomic mass is 10.1. The summed E-state index contributed by atoms with van der Waals surface area (Å²) in [6.07, 6.45) is 1.15. The third kappa shape index (κ3) is 3.41. The second-order valence-electron chi connectivity index (χ2n) is 5.25. The molecule has 0 radical (unpaired) electrons. The van der Waals surface area contributed by atoms with Gasteiger partial charge in [0.05, 0.1) is 16.3 Å². The number of benzene rings is 1. The van der Waals surface area contributed by atoms with Crippen molar-refractivity contribution in [3.05, 3.63) is 18.2 Å². The third-order valence-corrected chi connectivity index (χ3v) is 5.09. The smallest absolute Gasteiger partial charge is 0.240 e. The zero-order valence-electron chi connectivity index (χ0n) is 11.9. The summed E-state index contributed by atoms with van der Waals surface area (Å²) in [5, 5.41) is 3.27. The number of likely N-dealkylation sites (tertiary alicyclic amines) is 1. The second kappa shape index (κ2) is 5.99. The molecule has 0 aromatic heterocycles. The molecule has 0 amide bonds. The molecule has 1 aliphatic rings. The minimum absolute atomic E-state index is 0.222. The van der Waals surface area contributed by atoms with Crippen LogP contribution in [0, 0.1) is 5.92 Å². The Bertz CT molecular complexity index is 574. The quantitative estimate of drug-likeness (QED) is 0.691. The number of hydrogen-bond acceptors (Lipinski definition) is 5. The van der Waals surface area contributed by atoms with Crippen LogP contribution in [0.25, 0.3) is 0 Å². The minimum Gasteiger partial charge on any atom is -0.397 e. The summed E-state index contributed by atoms with van der Waals surface area (Å²) in [6, 6.07) is 4.71. The van der Waals surface area contributed by atoms with Crippen molar-refractivity contribution in [2.75, 3.05) is 44.8 Å². The molecule has 1 saturated heterocycles. The van der Waals surface area contributed by atoms with Crippen LogP contribution < -0.4 is 15.8 Å². The highest BCUT2D eigenvalue weighted by Crippen LogP contribution is 2.24. The first kappa shape index (κ1) is 15.1. The third-order valence-electron chi connectivity index (χ3n) is 3.67. The van der Waals surface area contributed by atoms with Gasteiger partial charge in [-0.3, -0.25) is 0 Å². The molecular formula is C13H22N4O2S. The number of sulfonamides is 1. The van der Waals surface area contributed by atoms with Gasteiger partial charge in [0.25, 0.3) is 0 Å². The number of nitrogens with two attached hydrogens (primary N) is 1. The monoisotopic (exact) mass is 298 g/mol. The maximum atomic E-state index is 11.8. The standard InChI is InChI=1S/C13H22N4O2S/c1-15-20(18,19)11-3-4-12(14)13(7-11)16-8-10-5-6-17(2)9-10/h3-4,7,10,15-16H,5-6,8-9,14H2,1-2H3. The largest absolute Gasteiger partial charge is 0.397 e. The van der Waals surface area contributed by atoms with Gasteiger partial charge in [0.15, 0.2) is 0 Å². The molecule has 1 aromatic rings. The van der Waals surface area contributed by atoms with E-state index in [4.69, 9.17) is 5.73 Å². The van der Waals surface area contributed by atoms with Gasteiger partial charge >= 0.3 is 0 Å². The Morgan fingerprint density at radius 1 is 1.45 bits per heavy atom. The lowest BCUT2D eigenvalue weighted by Crippen LogP contribution is -2.21. The Labute approximate surface area is 120 Å². The summed E-state index contributed by atoms with van der Waals surface area (Å²) in [6.45, 7) is 2.97. The van der Waals surface area contributed by atoms with Crippen LogP contribution in [-0.4, -0.2) is 47.0 Å². The van der Waals surface area contributed by atoms with E-state index in [9.17, 15) is 8.42 Å². The van der Waals surface area contributed by atoms with Crippen molar-refractivity contribution < 1.29 is 8.42 Å². The second-order valence-corrected chi connectivity index (χ2v) is 7.14. The average Bonchev–Trinajstić information content (AvgIpc) is 2.83. The van der Waals surface area contributed by atoms with Crippen molar-refractivity contribution in [1.29, 1.82) is 0 Å². The first-order valence-corrected chi connectivity index (χ1v) is 8.16. The van der Waals surface area contributed by atoms with E-state index in [-0.39, 0.29) is 4.90 Å². The van der Waals surface area contributed by atoms with Gasteiger partial charge in [-0.25, -0.2) is 13.1 Å². The normalized spacial score (nSPS) is 20.2. The van der Waals surface area contributed by atoms with Crippen LogP contribution in [-0.2, 0) is 10.0 Å². The molecule has 7 heteroatoms. The van der Waals surface area contributed by atoms with Gasteiger partial charge in [0, 0.05) is 13.1 Å². The summed E-state index contributed by atoms with van der Waals surface area (Å²) < 4.78 is 25.9. The summed E-state index contributed by atoms with van der Waals surface area (Å²) >= 11 is 0. The highest BCUT2D eigenvalue weighted by Gasteiger charge is 2.19. The number of nitrogens with one attached hydrogen (secondary N) is 2. The lowest BCUT2D eigenvalue weighted by molar-refractivity contribution is 0.399. The topological polar surface area (TPSA) is 87.5 Å². The van der Waals surface area contributed by atoms with E-state index in [1.807, 2.05) is 0 Å². The first-order valence-electron chi connectivity index (χ1n) is 6.68. The molecule has 1 fully saturated rings. The molecule has 1 unspecified atom stereocenters. The van der Waals surface area contributed by atoms with E-state index in [2.05, 4.69) is 22.0 Å². The SMILES string of the molecule is CNS(=O)(=O)c1ccc(N)c(NCC2CCN(C)C2)c1. The van der Waals surface area contributed by atoms with E-state index in [0.29, 0.717) is 17.3 Å². The average molecular weight is 298 g/mol. The molecule has 112 valence electrons. The Balaban J connectivity index is 2.09. The Morgan fingerprint density at radius 2 is 2.20 bits per heavy atom. The van der Waals surface area contributed by atoms with E-state index >= 15 is 0 Å². The van der Waals surface area contributed by atoms with Crippen molar-refractivity contribution in [2.45, 2.75) is 11.3 Å². The summed E-state index contributed by atoms with van der Waals surface area (Å²) in [5.74, 6) is 0.573. The van der Waals surface area contributed by atoms with Crippen molar-refractivity contribution in [1.82, 2.24) is 9.62 Å². The van der Waals surface area contributed by atoms with E-state index < -0.39 is 10.0 Å². The maximum Gasteiger partial charge on any atom is 0.240 e. The highest BCUT2D eigenvalue weighted by atomic mass is 32.2. The van der Waals surface area contributed by atoms with Gasteiger partial charge in [-0.2, -0.15) is 0 Å². The van der Waals surface area contributed by atoms with Crippen LogP contribution in [0.4, 0.5) is 11.4 Å². The number of rotatable bonds is 5. The molecule has 1 heterocycles. The number of anilines is 2. The zero-order chi connectivity index (χ0) is 14.8. The summed E-state index contributed by atoms with van der Waals surface area (Å²) in [4.78, 5) is 2.51. The molecule has 0 aliphatic carbocycles. The zero-order valence-corrected chi connectivity index (χ0v) is 12.7. The molecule has 1 aliphatic heterocycles. The molecule has 0 saturated carbocycles. The molecule has 4 N–H and O–H groups in total. The molecular weight excluding hydrogens is 276 g/mol. The van der Waals surface area contributed by atoms with Gasteiger partial charge in [-0.05, 0) is 51.2 Å². The fourth-order valence-electron chi connectivity index (χ4n) is 2.42. The van der Waals surface area contributed by atoms with Crippen LogP contribution in [0.1, 0.15) is 6.42 Å². The van der Waals surface area contributed by atoms with Crippen molar-refractivity contribution in [3.8, 4) is 0 Å². The molecule has 2 rings (SSSR count). The van der Waals surface area contributed by atoms with E-state index in [1.54, 1.807) is 12.1 Å². The Kier molecular flexibility index (Phi) is 4.52. The first-order chi connectivity index (χ1) is 9.42. The predicted molar refractivity (Wildman–Crippen MR) is 81.2 cm³/mol. The molecule has 1 atom stereocenters. The van der Waals surface area contributed by atoms with Crippen LogP contribution in [0.2, 0.25) is 0 Å². The number of nitrogen functional groups attached to an aromatic ring is 1. The van der Waals surface area contributed by atoms with Gasteiger partial charge in [0.1, 0.15) is 0 Å². The molecule has 0 spiro atoms. The van der Waals surface area contributed by atoms with Crippen molar-refractivity contribution >= 4 is 21.4 Å². The van der Waals surface area contributed by atoms with Crippen molar-refractivity contribution in [2.24, 2.45) is 5.92 Å². The van der Waals surface area contributed by atoms with E-state index in [1.165, 1.54) is 13.1 Å². The fourth-order valence-corrected chi connectivity index (χ4v) is 3.18. The Morgan fingerprint density at radius 3 is 2.80 bits per heavy atom. The van der Waals surface area contributed by atoms with Crippen LogP contribution >= 0.6 is 0 Å². The molecule has 20 heavy (non-hydrogen) atoms. The van der Waals surface area contributed by atoms with Gasteiger partial charge in [-0.15, -0.1) is 0 Å². The fraction of sp³-hybridized carbons (Fsp3) is 0.538. The lowest BCUT2D eigenvalue weighted by Gasteiger charge is -2.15. The van der Waals surface area contributed by atoms with E-state index in [0.717, 1.165) is 26.1 Å². The van der Waals surface area contributed by atoms with Crippen LogP contribution in [0.3, 0.4) is 0 Å². The van der Waals surface area contributed by atoms with Crippen LogP contribution in [0.15, 0.2) is 23.1 Å². The molecule has 0 bridgehead atoms.